The number of aromatic nitrogens is 2. The first-order chi connectivity index (χ1) is 33.1. The molecule has 3 aliphatic carbocycles. The van der Waals surface area contributed by atoms with Crippen LogP contribution in [-0.4, -0.2) is 58.0 Å². The van der Waals surface area contributed by atoms with Crippen molar-refractivity contribution >= 4 is 24.2 Å². The highest BCUT2D eigenvalue weighted by molar-refractivity contribution is 5.73. The van der Waals surface area contributed by atoms with E-state index in [4.69, 9.17) is 20.9 Å². The van der Waals surface area contributed by atoms with E-state index < -0.39 is 0 Å². The molecule has 356 valence electrons. The number of hydrogen-bond donors (Lipinski definition) is 4. The topological polar surface area (TPSA) is 177 Å². The molecule has 5 aliphatic rings. The summed E-state index contributed by atoms with van der Waals surface area (Å²) in [6, 6.07) is 33.0. The lowest BCUT2D eigenvalue weighted by Gasteiger charge is -2.26. The lowest BCUT2D eigenvalue weighted by atomic mass is 10.0. The molecule has 4 heterocycles. The minimum absolute atomic E-state index is 0.108. The van der Waals surface area contributed by atoms with Gasteiger partial charge in [-0.1, -0.05) is 116 Å². The number of amides is 4. The van der Waals surface area contributed by atoms with Crippen molar-refractivity contribution in [1.82, 2.24) is 19.8 Å². The minimum Gasteiger partial charge on any atom is -0.441 e. The van der Waals surface area contributed by atoms with Gasteiger partial charge in [0.05, 0.1) is 0 Å². The number of benzene rings is 3. The Labute approximate surface area is 400 Å². The van der Waals surface area contributed by atoms with E-state index in [0.717, 1.165) is 48.6 Å². The summed E-state index contributed by atoms with van der Waals surface area (Å²) in [6.07, 6.45) is 24.3. The summed E-state index contributed by atoms with van der Waals surface area (Å²) in [4.78, 5) is 53.8. The molecule has 0 atom stereocenters. The number of pyridine rings is 2. The molecule has 68 heavy (non-hydrogen) atoms. The number of nitrogens with two attached hydrogens (primary N) is 2. The summed E-state index contributed by atoms with van der Waals surface area (Å²) in [7, 11) is 0. The average Bonchev–Trinajstić information content (AvgIpc) is 4.30. The summed E-state index contributed by atoms with van der Waals surface area (Å²) >= 11 is 0. The Morgan fingerprint density at radius 1 is 0.618 bits per heavy atom. The van der Waals surface area contributed by atoms with Crippen molar-refractivity contribution in [3.8, 4) is 23.3 Å². The van der Waals surface area contributed by atoms with Gasteiger partial charge in [0.1, 0.15) is 11.5 Å². The molecular formula is C56H66N6O6. The fourth-order valence-corrected chi connectivity index (χ4v) is 7.84. The van der Waals surface area contributed by atoms with E-state index in [0.29, 0.717) is 49.4 Å². The first-order valence-electron chi connectivity index (χ1n) is 24.0. The third-order valence-corrected chi connectivity index (χ3v) is 11.8. The van der Waals surface area contributed by atoms with Crippen LogP contribution in [-0.2, 0) is 0 Å². The molecular weight excluding hydrogens is 853 g/mol. The Morgan fingerprint density at radius 3 is 1.65 bits per heavy atom. The number of likely N-dealkylation sites (tertiary alicyclic amines) is 2. The maximum absolute atomic E-state index is 11.3. The zero-order valence-corrected chi connectivity index (χ0v) is 39.4. The molecule has 10 rings (SSSR count). The number of rotatable bonds is 8. The van der Waals surface area contributed by atoms with E-state index in [1.807, 2.05) is 62.4 Å². The molecule has 0 unspecified atom stereocenters. The van der Waals surface area contributed by atoms with Gasteiger partial charge >= 0.3 is 12.1 Å². The average molecular weight is 919 g/mol. The number of allylic oxidation sites excluding steroid dienone is 4. The summed E-state index contributed by atoms with van der Waals surface area (Å²) in [5.41, 5.74) is 18.0. The largest absolute Gasteiger partial charge is 0.441 e. The van der Waals surface area contributed by atoms with Gasteiger partial charge in [-0.2, -0.15) is 0 Å². The van der Waals surface area contributed by atoms with Crippen LogP contribution in [0.3, 0.4) is 0 Å². The number of H-pyrrole nitrogens is 2. The fourth-order valence-electron chi connectivity index (χ4n) is 7.84. The molecule has 2 aliphatic heterocycles. The van der Waals surface area contributed by atoms with Gasteiger partial charge in [0.2, 0.25) is 5.88 Å². The third kappa shape index (κ3) is 17.1. The van der Waals surface area contributed by atoms with Crippen LogP contribution in [0, 0.1) is 5.92 Å². The zero-order valence-electron chi connectivity index (χ0n) is 39.4. The van der Waals surface area contributed by atoms with Gasteiger partial charge in [0.15, 0.2) is 11.3 Å². The SMILES string of the molecule is C1=CC(C2CC2)=CCC1.CC.NC(=O)N1CCC(=Cc2cccc(Oc3cc(=O)cc[nH]3)c2)CC1.NC(=O)N1CCC(=Cc2cccc(Oc3cccc(=O)[nH]3)c2)CC1.c1ccc(C2CC2)cc1. The Kier molecular flexibility index (Phi) is 19.2. The van der Waals surface area contributed by atoms with Crippen LogP contribution in [0.25, 0.3) is 12.2 Å². The van der Waals surface area contributed by atoms with Gasteiger partial charge in [-0.25, -0.2) is 9.59 Å². The fraction of sp³-hybridized carbons (Fsp3) is 0.321. The molecule has 0 radical (unpaired) electrons. The van der Waals surface area contributed by atoms with E-state index >= 15 is 0 Å². The van der Waals surface area contributed by atoms with E-state index in [1.165, 1.54) is 73.4 Å². The normalized spacial score (nSPS) is 16.0. The van der Waals surface area contributed by atoms with Crippen LogP contribution in [0.15, 0.2) is 160 Å². The molecule has 3 aromatic carbocycles. The lowest BCUT2D eigenvalue weighted by molar-refractivity contribution is 0.203. The van der Waals surface area contributed by atoms with E-state index in [1.54, 1.807) is 33.7 Å². The summed E-state index contributed by atoms with van der Waals surface area (Å²) < 4.78 is 11.4. The molecule has 2 aromatic heterocycles. The first-order valence-corrected chi connectivity index (χ1v) is 24.0. The van der Waals surface area contributed by atoms with Crippen LogP contribution in [0.4, 0.5) is 9.59 Å². The van der Waals surface area contributed by atoms with Crippen LogP contribution in [0.1, 0.15) is 101 Å². The van der Waals surface area contributed by atoms with Gasteiger partial charge < -0.3 is 35.7 Å². The van der Waals surface area contributed by atoms with Crippen molar-refractivity contribution in [2.45, 2.75) is 84.0 Å². The van der Waals surface area contributed by atoms with Gasteiger partial charge in [-0.05, 0) is 129 Å². The third-order valence-electron chi connectivity index (χ3n) is 11.8. The highest BCUT2D eigenvalue weighted by atomic mass is 16.5. The van der Waals surface area contributed by atoms with Crippen LogP contribution >= 0.6 is 0 Å². The molecule has 0 bridgehead atoms. The minimum atomic E-state index is -0.360. The van der Waals surface area contributed by atoms with Crippen LogP contribution in [0.2, 0.25) is 0 Å². The zero-order chi connectivity index (χ0) is 48.1. The molecule has 12 heteroatoms. The molecule has 2 saturated heterocycles. The predicted molar refractivity (Wildman–Crippen MR) is 273 cm³/mol. The number of primary amides is 2. The van der Waals surface area contributed by atoms with Crippen molar-refractivity contribution < 1.29 is 19.1 Å². The summed E-state index contributed by atoms with van der Waals surface area (Å²) in [6.45, 7) is 6.62. The van der Waals surface area contributed by atoms with Gasteiger partial charge in [0.25, 0.3) is 5.56 Å². The Morgan fingerprint density at radius 2 is 1.16 bits per heavy atom. The lowest BCUT2D eigenvalue weighted by Crippen LogP contribution is -2.39. The maximum Gasteiger partial charge on any atom is 0.314 e. The monoisotopic (exact) mass is 919 g/mol. The number of urea groups is 2. The molecule has 4 amide bonds. The van der Waals surface area contributed by atoms with Gasteiger partial charge in [-0.3, -0.25) is 14.6 Å². The molecule has 6 N–H and O–H groups in total. The Balaban J connectivity index is 0.000000160. The van der Waals surface area contributed by atoms with Gasteiger partial charge in [0, 0.05) is 50.6 Å². The molecule has 5 aromatic rings. The van der Waals surface area contributed by atoms with Crippen LogP contribution < -0.4 is 31.9 Å². The summed E-state index contributed by atoms with van der Waals surface area (Å²) in [5.74, 6) is 3.98. The van der Waals surface area contributed by atoms with E-state index in [-0.39, 0.29) is 23.1 Å². The van der Waals surface area contributed by atoms with Crippen molar-refractivity contribution in [3.05, 3.63) is 188 Å². The molecule has 0 spiro atoms. The van der Waals surface area contributed by atoms with Gasteiger partial charge in [-0.15, -0.1) is 0 Å². The number of nitrogens with zero attached hydrogens (tertiary/aromatic N) is 2. The first kappa shape index (κ1) is 50.1. The second kappa shape index (κ2) is 26.1. The summed E-state index contributed by atoms with van der Waals surface area (Å²) in [5, 5.41) is 0. The number of carbonyl (C=O) groups excluding carboxylic acids is 2. The molecule has 12 nitrogen and oxygen atoms in total. The number of carbonyl (C=O) groups is 2. The predicted octanol–water partition coefficient (Wildman–Crippen LogP) is 11.7. The van der Waals surface area contributed by atoms with Crippen molar-refractivity contribution in [1.29, 1.82) is 0 Å². The quantitative estimate of drug-likeness (QED) is 0.120. The highest BCUT2D eigenvalue weighted by Gasteiger charge is 2.24. The number of aromatic amines is 2. The molecule has 4 fully saturated rings. The molecule has 2 saturated carbocycles. The number of ether oxygens (including phenoxy) is 2. The second-order valence-electron chi connectivity index (χ2n) is 17.0. The smallest absolute Gasteiger partial charge is 0.314 e. The van der Waals surface area contributed by atoms with Crippen LogP contribution in [0.5, 0.6) is 23.3 Å². The highest BCUT2D eigenvalue weighted by Crippen LogP contribution is 2.40. The number of nitrogens with one attached hydrogen (secondary N) is 2. The van der Waals surface area contributed by atoms with Crippen molar-refractivity contribution in [3.63, 3.8) is 0 Å². The van der Waals surface area contributed by atoms with E-state index in [2.05, 4.69) is 70.7 Å². The standard InChI is InChI=1S/2C18H19N3O3.C9H12.C9H10.C2H6/c19-18(23)21-9-7-13(8-10-21)11-14-3-1-4-15(12-14)24-17-6-2-5-16(22)20-17;19-18(23)21-8-5-13(6-9-21)10-14-2-1-3-16(11-14)24-17-12-15(22)4-7-20-17;2*1-2-4-8(5-3-1)9-6-7-9;1-2/h1-6,11-12H,7-10H2,(H2,19,23)(H,20,22);1-4,7,10-12H,5-6,8-9H2,(H2,19,23)(H,20,22);2,4-5,9H,1,3,6-7H2;1-5,9H,6-7H2;1-2H3. The Bertz CT molecular complexity index is 2500. The second-order valence-corrected chi connectivity index (χ2v) is 17.0. The van der Waals surface area contributed by atoms with Crippen molar-refractivity contribution in [2.75, 3.05) is 26.2 Å². The number of hydrogen-bond acceptors (Lipinski definition) is 6. The Hall–Kier alpha value is -7.34. The maximum atomic E-state index is 11.3. The van der Waals surface area contributed by atoms with Crippen molar-refractivity contribution in [2.24, 2.45) is 17.4 Å². The van der Waals surface area contributed by atoms with E-state index in [9.17, 15) is 19.2 Å². The number of piperidine rings is 2.